The molecule has 0 saturated carbocycles. The molecule has 0 aliphatic heterocycles. The first-order valence-electron chi connectivity index (χ1n) is 10.8. The fraction of sp³-hybridized carbons (Fsp3) is 0.583. The molecule has 0 radical (unpaired) electrons. The van der Waals surface area contributed by atoms with Gasteiger partial charge in [0.15, 0.2) is 0 Å². The Morgan fingerprint density at radius 2 is 1.34 bits per heavy atom. The van der Waals surface area contributed by atoms with Gasteiger partial charge < -0.3 is 15.5 Å². The molecule has 0 bridgehead atoms. The van der Waals surface area contributed by atoms with Gasteiger partial charge in [-0.25, -0.2) is 0 Å². The van der Waals surface area contributed by atoms with Gasteiger partial charge in [-0.15, -0.1) is 0 Å². The molecular formula is C24H39NO4. The molecule has 1 atom stereocenters. The zero-order valence-electron chi connectivity index (χ0n) is 17.9. The smallest absolute Gasteiger partial charge is 0.306 e. The van der Waals surface area contributed by atoms with Crippen molar-refractivity contribution in [3.05, 3.63) is 48.6 Å². The molecule has 5 nitrogen and oxygen atoms in total. The number of aliphatic carboxylic acids is 1. The van der Waals surface area contributed by atoms with E-state index in [9.17, 15) is 14.7 Å². The Hall–Kier alpha value is -2.14. The van der Waals surface area contributed by atoms with Gasteiger partial charge in [-0.2, -0.15) is 0 Å². The van der Waals surface area contributed by atoms with Gasteiger partial charge in [-0.05, 0) is 44.9 Å². The van der Waals surface area contributed by atoms with Gasteiger partial charge in [0.2, 0.25) is 5.91 Å². The number of nitrogens with one attached hydrogen (secondary N) is 1. The summed E-state index contributed by atoms with van der Waals surface area (Å²) in [5, 5.41) is 20.4. The molecule has 0 heterocycles. The van der Waals surface area contributed by atoms with Crippen molar-refractivity contribution in [2.24, 2.45) is 0 Å². The van der Waals surface area contributed by atoms with Gasteiger partial charge in [0, 0.05) is 13.0 Å². The lowest BCUT2D eigenvalue weighted by Gasteiger charge is -2.09. The molecule has 0 aromatic heterocycles. The topological polar surface area (TPSA) is 86.6 Å². The van der Waals surface area contributed by atoms with Crippen LogP contribution in [-0.2, 0) is 9.59 Å². The average Bonchev–Trinajstić information content (AvgIpc) is 2.68. The largest absolute Gasteiger partial charge is 0.481 e. The molecule has 0 rings (SSSR count). The third-order valence-electron chi connectivity index (χ3n) is 4.18. The molecule has 1 amide bonds. The molecule has 29 heavy (non-hydrogen) atoms. The van der Waals surface area contributed by atoms with Crippen LogP contribution in [0.25, 0.3) is 0 Å². The highest BCUT2D eigenvalue weighted by Gasteiger charge is 2.10. The van der Waals surface area contributed by atoms with E-state index in [0.29, 0.717) is 6.42 Å². The summed E-state index contributed by atoms with van der Waals surface area (Å²) in [6, 6.07) is 0. The van der Waals surface area contributed by atoms with Crippen molar-refractivity contribution in [3.63, 3.8) is 0 Å². The number of aliphatic hydroxyl groups is 1. The van der Waals surface area contributed by atoms with Crippen LogP contribution in [0.15, 0.2) is 48.6 Å². The van der Waals surface area contributed by atoms with E-state index in [1.54, 1.807) is 0 Å². The van der Waals surface area contributed by atoms with E-state index >= 15 is 0 Å². The molecule has 0 saturated heterocycles. The molecular weight excluding hydrogens is 366 g/mol. The third kappa shape index (κ3) is 22.0. The van der Waals surface area contributed by atoms with E-state index in [1.807, 2.05) is 0 Å². The van der Waals surface area contributed by atoms with Gasteiger partial charge in [0.25, 0.3) is 0 Å². The normalized spacial score (nSPS) is 13.2. The molecule has 0 aliphatic rings. The highest BCUT2D eigenvalue weighted by Crippen LogP contribution is 2.01. The second-order valence-electron chi connectivity index (χ2n) is 7.04. The lowest BCUT2D eigenvalue weighted by Crippen LogP contribution is -2.33. The van der Waals surface area contributed by atoms with Gasteiger partial charge >= 0.3 is 5.97 Å². The van der Waals surface area contributed by atoms with Crippen LogP contribution < -0.4 is 5.32 Å². The Labute approximate surface area is 176 Å². The monoisotopic (exact) mass is 405 g/mol. The highest BCUT2D eigenvalue weighted by molar-refractivity contribution is 5.76. The maximum atomic E-state index is 11.6. The molecule has 0 aromatic carbocycles. The summed E-state index contributed by atoms with van der Waals surface area (Å²) in [4.78, 5) is 22.0. The lowest BCUT2D eigenvalue weighted by atomic mass is 10.2. The van der Waals surface area contributed by atoms with Crippen molar-refractivity contribution < 1.29 is 19.8 Å². The van der Waals surface area contributed by atoms with Crippen LogP contribution in [-0.4, -0.2) is 34.7 Å². The molecule has 1 unspecified atom stereocenters. The minimum atomic E-state index is -1.08. The van der Waals surface area contributed by atoms with Gasteiger partial charge in [0.05, 0.1) is 12.5 Å². The van der Waals surface area contributed by atoms with Crippen molar-refractivity contribution in [2.45, 2.75) is 83.7 Å². The van der Waals surface area contributed by atoms with E-state index in [-0.39, 0.29) is 18.9 Å². The quantitative estimate of drug-likeness (QED) is 0.219. The number of amides is 1. The summed E-state index contributed by atoms with van der Waals surface area (Å²) in [7, 11) is 0. The third-order valence-corrected chi connectivity index (χ3v) is 4.18. The number of carbonyl (C=O) groups is 2. The highest BCUT2D eigenvalue weighted by atomic mass is 16.4. The first-order valence-corrected chi connectivity index (χ1v) is 10.8. The Morgan fingerprint density at radius 1 is 0.828 bits per heavy atom. The number of carboxylic acids is 1. The molecule has 0 spiro atoms. The summed E-state index contributed by atoms with van der Waals surface area (Å²) in [6.45, 7) is 2.20. The Bertz CT molecular complexity index is 535. The molecule has 0 aromatic rings. The van der Waals surface area contributed by atoms with Crippen molar-refractivity contribution in [1.29, 1.82) is 0 Å². The predicted molar refractivity (Wildman–Crippen MR) is 120 cm³/mol. The average molecular weight is 406 g/mol. The summed E-state index contributed by atoms with van der Waals surface area (Å²) < 4.78 is 0. The predicted octanol–water partition coefficient (Wildman–Crippen LogP) is 5.08. The fourth-order valence-electron chi connectivity index (χ4n) is 2.54. The van der Waals surface area contributed by atoms with Crippen LogP contribution in [0.5, 0.6) is 0 Å². The van der Waals surface area contributed by atoms with Gasteiger partial charge in [0.1, 0.15) is 0 Å². The second-order valence-corrected chi connectivity index (χ2v) is 7.04. The molecule has 164 valence electrons. The van der Waals surface area contributed by atoms with Crippen LogP contribution in [0.1, 0.15) is 77.6 Å². The fourth-order valence-corrected chi connectivity index (χ4v) is 2.54. The summed E-state index contributed by atoms with van der Waals surface area (Å²) in [5.74, 6) is -1.24. The number of rotatable bonds is 18. The summed E-state index contributed by atoms with van der Waals surface area (Å²) >= 11 is 0. The van der Waals surface area contributed by atoms with Crippen molar-refractivity contribution in [2.75, 3.05) is 6.54 Å². The number of allylic oxidation sites excluding steroid dienone is 8. The first-order chi connectivity index (χ1) is 14.1. The maximum absolute atomic E-state index is 11.6. The standard InChI is InChI=1S/C24H39NO4/c1-2-3-4-5-6-7-8-9-10-11-12-13-14-15-16-17-18-19-23(27)25-21-22(26)20-24(28)29/h6-7,9-10,12-13,15-16,22,26H,2-5,8,11,14,17-21H2,1H3,(H,25,27)(H,28,29)/b7-6-,10-9-,13-12+,16-15-. The number of carboxylic acid groups (broad SMARTS) is 1. The lowest BCUT2D eigenvalue weighted by molar-refractivity contribution is -0.139. The van der Waals surface area contributed by atoms with Crippen molar-refractivity contribution in [3.8, 4) is 0 Å². The molecule has 0 fully saturated rings. The SMILES string of the molecule is CCCCC/C=C\C/C=C\C/C=C/C/C=C\CCCC(=O)NCC(O)CC(=O)O. The van der Waals surface area contributed by atoms with Crippen LogP contribution in [0.3, 0.4) is 0 Å². The Morgan fingerprint density at radius 3 is 1.86 bits per heavy atom. The van der Waals surface area contributed by atoms with E-state index in [0.717, 1.165) is 32.1 Å². The number of hydrogen-bond acceptors (Lipinski definition) is 3. The molecule has 3 N–H and O–H groups in total. The van der Waals surface area contributed by atoms with Gasteiger partial charge in [-0.3, -0.25) is 9.59 Å². The van der Waals surface area contributed by atoms with Crippen LogP contribution >= 0.6 is 0 Å². The number of carbonyl (C=O) groups excluding carboxylic acids is 1. The molecule has 0 aliphatic carbocycles. The second kappa shape index (κ2) is 20.6. The first kappa shape index (κ1) is 26.9. The Kier molecular flexibility index (Phi) is 19.1. The maximum Gasteiger partial charge on any atom is 0.306 e. The number of hydrogen-bond donors (Lipinski definition) is 3. The van der Waals surface area contributed by atoms with Crippen LogP contribution in [0.2, 0.25) is 0 Å². The number of aliphatic hydroxyl groups excluding tert-OH is 1. The van der Waals surface area contributed by atoms with E-state index < -0.39 is 12.1 Å². The van der Waals surface area contributed by atoms with Crippen LogP contribution in [0, 0.1) is 0 Å². The van der Waals surface area contributed by atoms with Gasteiger partial charge in [-0.1, -0.05) is 68.4 Å². The van der Waals surface area contributed by atoms with E-state index in [4.69, 9.17) is 5.11 Å². The number of unbranched alkanes of at least 4 members (excludes halogenated alkanes) is 4. The Balaban J connectivity index is 3.55. The van der Waals surface area contributed by atoms with E-state index in [1.165, 1.54) is 25.7 Å². The minimum absolute atomic E-state index is 0.0184. The molecule has 5 heteroatoms. The zero-order chi connectivity index (χ0) is 21.6. The van der Waals surface area contributed by atoms with Crippen molar-refractivity contribution in [1.82, 2.24) is 5.32 Å². The van der Waals surface area contributed by atoms with Crippen molar-refractivity contribution >= 4 is 11.9 Å². The zero-order valence-corrected chi connectivity index (χ0v) is 17.9. The van der Waals surface area contributed by atoms with Crippen LogP contribution in [0.4, 0.5) is 0 Å². The summed E-state index contributed by atoms with van der Waals surface area (Å²) in [6.07, 6.45) is 25.8. The minimum Gasteiger partial charge on any atom is -0.481 e. The van der Waals surface area contributed by atoms with E-state index in [2.05, 4.69) is 60.8 Å². The summed E-state index contributed by atoms with van der Waals surface area (Å²) in [5.41, 5.74) is 0.